The molecule has 7 heteroatoms. The van der Waals surface area contributed by atoms with Crippen LogP contribution in [0.3, 0.4) is 0 Å². The van der Waals surface area contributed by atoms with E-state index in [0.29, 0.717) is 56.3 Å². The Morgan fingerprint density at radius 1 is 1.00 bits per heavy atom. The van der Waals surface area contributed by atoms with Crippen LogP contribution in [0.2, 0.25) is 0 Å². The van der Waals surface area contributed by atoms with E-state index >= 15 is 0 Å². The first-order chi connectivity index (χ1) is 15.0. The maximum absolute atomic E-state index is 13.4. The molecule has 0 spiro atoms. The standard InChI is InChI=1S/C24H34N2O5/c1-5-6-13-30-14-7-12-26-23(27)21(19-8-10-20(29-4)11-9-19)22(24(26)28)25-15-17(2)31-18(3)16-25/h8-11,17-18H,5-7,12-16H2,1-4H3. The molecule has 0 aliphatic carbocycles. The van der Waals surface area contributed by atoms with Gasteiger partial charge in [0, 0.05) is 32.8 Å². The van der Waals surface area contributed by atoms with Gasteiger partial charge in [-0.3, -0.25) is 14.5 Å². The molecule has 170 valence electrons. The van der Waals surface area contributed by atoms with Crippen LogP contribution in [-0.4, -0.2) is 73.8 Å². The average Bonchev–Trinajstić information content (AvgIpc) is 3.00. The number of carbonyl (C=O) groups excluding carboxylic acids is 2. The minimum atomic E-state index is -0.245. The van der Waals surface area contributed by atoms with E-state index in [2.05, 4.69) is 6.92 Å². The average molecular weight is 431 g/mol. The van der Waals surface area contributed by atoms with Gasteiger partial charge in [0.25, 0.3) is 11.8 Å². The van der Waals surface area contributed by atoms with Crippen LogP contribution in [0.5, 0.6) is 5.75 Å². The highest BCUT2D eigenvalue weighted by Gasteiger charge is 2.42. The van der Waals surface area contributed by atoms with Crippen LogP contribution < -0.4 is 4.74 Å². The van der Waals surface area contributed by atoms with Crippen LogP contribution in [0.15, 0.2) is 30.0 Å². The molecule has 2 amide bonds. The molecule has 2 aliphatic heterocycles. The Labute approximate surface area is 184 Å². The normalized spacial score (nSPS) is 21.9. The summed E-state index contributed by atoms with van der Waals surface area (Å²) < 4.78 is 16.7. The second-order valence-corrected chi connectivity index (χ2v) is 8.20. The van der Waals surface area contributed by atoms with Crippen LogP contribution in [-0.2, 0) is 19.1 Å². The van der Waals surface area contributed by atoms with Crippen LogP contribution >= 0.6 is 0 Å². The number of nitrogens with zero attached hydrogens (tertiary/aromatic N) is 2. The van der Waals surface area contributed by atoms with Crippen molar-refractivity contribution in [3.8, 4) is 5.75 Å². The summed E-state index contributed by atoms with van der Waals surface area (Å²) in [7, 11) is 1.60. The summed E-state index contributed by atoms with van der Waals surface area (Å²) in [5, 5.41) is 0. The Morgan fingerprint density at radius 2 is 1.65 bits per heavy atom. The molecule has 0 N–H and O–H groups in total. The second kappa shape index (κ2) is 10.8. The van der Waals surface area contributed by atoms with Crippen molar-refractivity contribution in [2.24, 2.45) is 0 Å². The molecule has 1 saturated heterocycles. The first-order valence-corrected chi connectivity index (χ1v) is 11.2. The van der Waals surface area contributed by atoms with Gasteiger partial charge in [0.2, 0.25) is 0 Å². The second-order valence-electron chi connectivity index (χ2n) is 8.20. The van der Waals surface area contributed by atoms with E-state index in [1.54, 1.807) is 7.11 Å². The van der Waals surface area contributed by atoms with Gasteiger partial charge in [-0.25, -0.2) is 0 Å². The highest BCUT2D eigenvalue weighted by Crippen LogP contribution is 2.34. The van der Waals surface area contributed by atoms with Gasteiger partial charge < -0.3 is 19.1 Å². The third-order valence-electron chi connectivity index (χ3n) is 5.57. The van der Waals surface area contributed by atoms with Gasteiger partial charge in [0.05, 0.1) is 24.9 Å². The Bertz CT molecular complexity index is 795. The summed E-state index contributed by atoms with van der Waals surface area (Å²) in [6.45, 7) is 8.84. The van der Waals surface area contributed by atoms with Crippen molar-refractivity contribution in [2.75, 3.05) is 40.0 Å². The molecular formula is C24H34N2O5. The van der Waals surface area contributed by atoms with Gasteiger partial charge in [-0.15, -0.1) is 0 Å². The SMILES string of the molecule is CCCCOCCCN1C(=O)C(c2ccc(OC)cc2)=C(N2CC(C)OC(C)C2)C1=O. The first-order valence-electron chi connectivity index (χ1n) is 11.2. The fourth-order valence-corrected chi connectivity index (χ4v) is 4.11. The fraction of sp³-hybridized carbons (Fsp3) is 0.583. The number of methoxy groups -OCH3 is 1. The van der Waals surface area contributed by atoms with Gasteiger partial charge in [0.15, 0.2) is 0 Å². The predicted octanol–water partition coefficient (Wildman–Crippen LogP) is 3.09. The van der Waals surface area contributed by atoms with Gasteiger partial charge in [-0.1, -0.05) is 25.5 Å². The van der Waals surface area contributed by atoms with Crippen molar-refractivity contribution < 1.29 is 23.8 Å². The number of hydrogen-bond acceptors (Lipinski definition) is 6. The smallest absolute Gasteiger partial charge is 0.277 e. The zero-order valence-corrected chi connectivity index (χ0v) is 19.1. The van der Waals surface area contributed by atoms with Crippen molar-refractivity contribution in [1.82, 2.24) is 9.80 Å². The van der Waals surface area contributed by atoms with Crippen molar-refractivity contribution in [2.45, 2.75) is 52.2 Å². The Balaban J connectivity index is 1.84. The number of rotatable bonds is 10. The van der Waals surface area contributed by atoms with E-state index < -0.39 is 0 Å². The number of carbonyl (C=O) groups is 2. The van der Waals surface area contributed by atoms with Crippen LogP contribution in [0, 0.1) is 0 Å². The summed E-state index contributed by atoms with van der Waals surface area (Å²) in [6, 6.07) is 7.30. The zero-order chi connectivity index (χ0) is 22.4. The molecular weight excluding hydrogens is 396 g/mol. The lowest BCUT2D eigenvalue weighted by Crippen LogP contribution is -2.47. The van der Waals surface area contributed by atoms with E-state index in [4.69, 9.17) is 14.2 Å². The van der Waals surface area contributed by atoms with Gasteiger partial charge in [0.1, 0.15) is 11.4 Å². The lowest BCUT2D eigenvalue weighted by Gasteiger charge is -2.37. The highest BCUT2D eigenvalue weighted by molar-refractivity contribution is 6.35. The lowest BCUT2D eigenvalue weighted by molar-refractivity contribution is -0.138. The maximum Gasteiger partial charge on any atom is 0.277 e. The summed E-state index contributed by atoms with van der Waals surface area (Å²) in [6.07, 6.45) is 2.69. The molecule has 2 unspecified atom stereocenters. The number of morpholine rings is 1. The Hall–Kier alpha value is -2.38. The van der Waals surface area contributed by atoms with Crippen LogP contribution in [0.4, 0.5) is 0 Å². The van der Waals surface area contributed by atoms with Gasteiger partial charge in [-0.2, -0.15) is 0 Å². The summed E-state index contributed by atoms with van der Waals surface area (Å²) >= 11 is 0. The molecule has 2 heterocycles. The van der Waals surface area contributed by atoms with Crippen molar-refractivity contribution in [1.29, 1.82) is 0 Å². The number of hydrogen-bond donors (Lipinski definition) is 0. The van der Waals surface area contributed by atoms with Gasteiger partial charge >= 0.3 is 0 Å². The number of imide groups is 1. The summed E-state index contributed by atoms with van der Waals surface area (Å²) in [5.41, 5.74) is 1.66. The van der Waals surface area contributed by atoms with Gasteiger partial charge in [-0.05, 0) is 44.4 Å². The summed E-state index contributed by atoms with van der Waals surface area (Å²) in [4.78, 5) is 30.1. The Kier molecular flexibility index (Phi) is 8.09. The van der Waals surface area contributed by atoms with Crippen molar-refractivity contribution >= 4 is 17.4 Å². The van der Waals surface area contributed by atoms with Crippen molar-refractivity contribution in [3.05, 3.63) is 35.5 Å². The van der Waals surface area contributed by atoms with Crippen LogP contribution in [0.1, 0.15) is 45.6 Å². The van der Waals surface area contributed by atoms with E-state index in [1.165, 1.54) is 4.90 Å². The summed E-state index contributed by atoms with van der Waals surface area (Å²) in [5.74, 6) is 0.230. The lowest BCUT2D eigenvalue weighted by atomic mass is 10.0. The molecule has 31 heavy (non-hydrogen) atoms. The molecule has 0 radical (unpaired) electrons. The Morgan fingerprint density at radius 3 is 2.26 bits per heavy atom. The minimum absolute atomic E-state index is 0.0164. The molecule has 2 aliphatic rings. The number of ether oxygens (including phenoxy) is 3. The number of amides is 2. The molecule has 0 aromatic heterocycles. The molecule has 1 fully saturated rings. The van der Waals surface area contributed by atoms with E-state index in [-0.39, 0.29) is 24.0 Å². The van der Waals surface area contributed by atoms with Crippen molar-refractivity contribution in [3.63, 3.8) is 0 Å². The molecule has 0 saturated carbocycles. The third-order valence-corrected chi connectivity index (χ3v) is 5.57. The zero-order valence-electron chi connectivity index (χ0n) is 19.1. The molecule has 7 nitrogen and oxygen atoms in total. The monoisotopic (exact) mass is 430 g/mol. The third kappa shape index (κ3) is 5.46. The molecule has 0 bridgehead atoms. The number of unbranched alkanes of at least 4 members (excludes halogenated alkanes) is 1. The fourth-order valence-electron chi connectivity index (χ4n) is 4.11. The molecule has 1 aromatic rings. The molecule has 2 atom stereocenters. The topological polar surface area (TPSA) is 68.3 Å². The van der Waals surface area contributed by atoms with E-state index in [1.807, 2.05) is 43.0 Å². The van der Waals surface area contributed by atoms with E-state index in [0.717, 1.165) is 18.4 Å². The first kappa shape index (κ1) is 23.3. The highest BCUT2D eigenvalue weighted by atomic mass is 16.5. The molecule has 3 rings (SSSR count). The minimum Gasteiger partial charge on any atom is -0.497 e. The van der Waals surface area contributed by atoms with Crippen LogP contribution in [0.25, 0.3) is 5.57 Å². The number of benzene rings is 1. The maximum atomic E-state index is 13.4. The van der Waals surface area contributed by atoms with E-state index in [9.17, 15) is 9.59 Å². The molecule has 1 aromatic carbocycles. The predicted molar refractivity (Wildman–Crippen MR) is 119 cm³/mol. The largest absolute Gasteiger partial charge is 0.497 e. The quantitative estimate of drug-likeness (QED) is 0.420.